The molecule has 1 unspecified atom stereocenters. The van der Waals surface area contributed by atoms with Gasteiger partial charge in [-0.2, -0.15) is 0 Å². The first-order chi connectivity index (χ1) is 8.18. The number of halogens is 1. The van der Waals surface area contributed by atoms with E-state index in [1.54, 1.807) is 23.1 Å². The van der Waals surface area contributed by atoms with Crippen molar-refractivity contribution in [1.82, 2.24) is 0 Å². The van der Waals surface area contributed by atoms with Gasteiger partial charge in [-0.05, 0) is 52.0 Å². The van der Waals surface area contributed by atoms with Crippen molar-refractivity contribution in [2.75, 3.05) is 5.75 Å². The fourth-order valence-corrected chi connectivity index (χ4v) is 3.85. The summed E-state index contributed by atoms with van der Waals surface area (Å²) in [6.45, 7) is 2.05. The lowest BCUT2D eigenvalue weighted by Crippen LogP contribution is -2.00. The zero-order valence-corrected chi connectivity index (χ0v) is 12.6. The number of hydrogen-bond donors (Lipinski definition) is 1. The third-order valence-electron chi connectivity index (χ3n) is 2.49. The molecule has 0 radical (unpaired) electrons. The first-order valence-corrected chi connectivity index (χ1v) is 7.93. The van der Waals surface area contributed by atoms with E-state index in [0.717, 1.165) is 10.0 Å². The van der Waals surface area contributed by atoms with Crippen LogP contribution in [0.4, 0.5) is 0 Å². The fourth-order valence-electron chi connectivity index (χ4n) is 1.56. The van der Waals surface area contributed by atoms with Crippen molar-refractivity contribution in [2.45, 2.75) is 17.9 Å². The second-order valence-corrected chi connectivity index (χ2v) is 6.73. The number of aryl methyl sites for hydroxylation is 1. The Morgan fingerprint density at radius 1 is 1.35 bits per heavy atom. The maximum absolute atomic E-state index is 10.1. The molecule has 0 spiro atoms. The first kappa shape index (κ1) is 13.1. The summed E-state index contributed by atoms with van der Waals surface area (Å²) < 4.78 is 1.08. The number of thioether (sulfide) groups is 1. The topological polar surface area (TPSA) is 20.2 Å². The Kier molecular flexibility index (Phi) is 4.68. The van der Waals surface area contributed by atoms with Crippen molar-refractivity contribution >= 4 is 39.0 Å². The van der Waals surface area contributed by atoms with Crippen molar-refractivity contribution < 1.29 is 5.11 Å². The van der Waals surface area contributed by atoms with Crippen molar-refractivity contribution in [2.24, 2.45) is 0 Å². The van der Waals surface area contributed by atoms with E-state index in [1.807, 2.05) is 36.6 Å². The van der Waals surface area contributed by atoms with Crippen molar-refractivity contribution in [3.63, 3.8) is 0 Å². The summed E-state index contributed by atoms with van der Waals surface area (Å²) >= 11 is 6.86. The van der Waals surface area contributed by atoms with Gasteiger partial charge in [0.2, 0.25) is 0 Å². The largest absolute Gasteiger partial charge is 0.387 e. The van der Waals surface area contributed by atoms with Crippen LogP contribution < -0.4 is 0 Å². The summed E-state index contributed by atoms with van der Waals surface area (Å²) in [6, 6.07) is 10.1. The Labute approximate surface area is 118 Å². The summed E-state index contributed by atoms with van der Waals surface area (Å²) in [5.74, 6) is 0.681. The highest BCUT2D eigenvalue weighted by molar-refractivity contribution is 9.10. The number of benzene rings is 1. The summed E-state index contributed by atoms with van der Waals surface area (Å²) in [7, 11) is 0. The van der Waals surface area contributed by atoms with Gasteiger partial charge in [0.05, 0.1) is 6.10 Å². The maximum Gasteiger partial charge on any atom is 0.0894 e. The summed E-state index contributed by atoms with van der Waals surface area (Å²) in [5, 5.41) is 12.1. The smallest absolute Gasteiger partial charge is 0.0894 e. The van der Waals surface area contributed by atoms with Gasteiger partial charge in [0, 0.05) is 20.0 Å². The Bertz CT molecular complexity index is 496. The van der Waals surface area contributed by atoms with E-state index in [4.69, 9.17) is 0 Å². The van der Waals surface area contributed by atoms with E-state index in [-0.39, 0.29) is 0 Å². The molecule has 1 N–H and O–H groups in total. The minimum Gasteiger partial charge on any atom is -0.387 e. The molecule has 1 atom stereocenters. The standard InChI is InChI=1S/C13H13BrOS2/c1-9-10(6-7-16-9)12(15)8-17-13-5-3-2-4-11(13)14/h2-7,12,15H,8H2,1H3. The molecule has 0 aliphatic carbocycles. The number of hydrogen-bond acceptors (Lipinski definition) is 3. The number of aliphatic hydroxyl groups excluding tert-OH is 1. The van der Waals surface area contributed by atoms with Crippen LogP contribution in [0, 0.1) is 6.92 Å². The van der Waals surface area contributed by atoms with Crippen LogP contribution in [0.3, 0.4) is 0 Å². The van der Waals surface area contributed by atoms with Crippen LogP contribution in [0.15, 0.2) is 45.1 Å². The molecule has 0 aliphatic rings. The molecule has 90 valence electrons. The molecule has 1 aromatic heterocycles. The molecule has 1 nitrogen and oxygen atoms in total. The molecule has 0 fully saturated rings. The zero-order chi connectivity index (χ0) is 12.3. The lowest BCUT2D eigenvalue weighted by Gasteiger charge is -2.10. The second kappa shape index (κ2) is 6.05. The van der Waals surface area contributed by atoms with E-state index >= 15 is 0 Å². The van der Waals surface area contributed by atoms with Crippen LogP contribution >= 0.6 is 39.0 Å². The minimum absolute atomic E-state index is 0.390. The van der Waals surface area contributed by atoms with Gasteiger partial charge in [-0.3, -0.25) is 0 Å². The Morgan fingerprint density at radius 2 is 2.12 bits per heavy atom. The molecule has 2 aromatic rings. The quantitative estimate of drug-likeness (QED) is 0.824. The second-order valence-electron chi connectivity index (χ2n) is 3.69. The summed E-state index contributed by atoms with van der Waals surface area (Å²) in [6.07, 6.45) is -0.390. The Morgan fingerprint density at radius 3 is 2.76 bits per heavy atom. The Balaban J connectivity index is 2.00. The zero-order valence-electron chi connectivity index (χ0n) is 9.39. The number of aliphatic hydroxyl groups is 1. The molecule has 1 aromatic carbocycles. The van der Waals surface area contributed by atoms with E-state index in [1.165, 1.54) is 9.77 Å². The van der Waals surface area contributed by atoms with Crippen LogP contribution in [0.25, 0.3) is 0 Å². The minimum atomic E-state index is -0.390. The highest BCUT2D eigenvalue weighted by atomic mass is 79.9. The third-order valence-corrected chi connectivity index (χ3v) is 5.46. The highest BCUT2D eigenvalue weighted by Gasteiger charge is 2.12. The SMILES string of the molecule is Cc1sccc1C(O)CSc1ccccc1Br. The molecule has 4 heteroatoms. The molecular weight excluding hydrogens is 316 g/mol. The lowest BCUT2D eigenvalue weighted by molar-refractivity contribution is 0.204. The number of rotatable bonds is 4. The predicted octanol–water partition coefficient (Wildman–Crippen LogP) is 4.64. The molecule has 0 bridgehead atoms. The van der Waals surface area contributed by atoms with E-state index in [2.05, 4.69) is 22.0 Å². The van der Waals surface area contributed by atoms with Gasteiger partial charge in [-0.15, -0.1) is 23.1 Å². The van der Waals surface area contributed by atoms with Crippen molar-refractivity contribution in [3.8, 4) is 0 Å². The average molecular weight is 329 g/mol. The van der Waals surface area contributed by atoms with Gasteiger partial charge in [0.25, 0.3) is 0 Å². The van der Waals surface area contributed by atoms with Crippen molar-refractivity contribution in [3.05, 3.63) is 50.6 Å². The predicted molar refractivity (Wildman–Crippen MR) is 78.9 cm³/mol. The van der Waals surface area contributed by atoms with Crippen LogP contribution in [0.5, 0.6) is 0 Å². The van der Waals surface area contributed by atoms with E-state index < -0.39 is 6.10 Å². The monoisotopic (exact) mass is 328 g/mol. The van der Waals surface area contributed by atoms with Gasteiger partial charge in [-0.25, -0.2) is 0 Å². The van der Waals surface area contributed by atoms with Crippen LogP contribution in [0.2, 0.25) is 0 Å². The van der Waals surface area contributed by atoms with Gasteiger partial charge in [0.15, 0.2) is 0 Å². The van der Waals surface area contributed by atoms with Gasteiger partial charge in [-0.1, -0.05) is 12.1 Å². The van der Waals surface area contributed by atoms with Gasteiger partial charge < -0.3 is 5.11 Å². The maximum atomic E-state index is 10.1. The molecule has 0 aliphatic heterocycles. The van der Waals surface area contributed by atoms with Gasteiger partial charge >= 0.3 is 0 Å². The molecule has 0 saturated carbocycles. The highest BCUT2D eigenvalue weighted by Crippen LogP contribution is 2.32. The third kappa shape index (κ3) is 3.35. The average Bonchev–Trinajstić information content (AvgIpc) is 2.74. The fraction of sp³-hybridized carbons (Fsp3) is 0.231. The summed E-state index contributed by atoms with van der Waals surface area (Å²) in [4.78, 5) is 2.37. The van der Waals surface area contributed by atoms with Crippen molar-refractivity contribution in [1.29, 1.82) is 0 Å². The molecular formula is C13H13BrOS2. The van der Waals surface area contributed by atoms with Crippen LogP contribution in [0.1, 0.15) is 16.5 Å². The van der Waals surface area contributed by atoms with Crippen LogP contribution in [-0.2, 0) is 0 Å². The first-order valence-electron chi connectivity index (χ1n) is 5.28. The lowest BCUT2D eigenvalue weighted by atomic mass is 10.2. The van der Waals surface area contributed by atoms with Crippen LogP contribution in [-0.4, -0.2) is 10.9 Å². The Hall–Kier alpha value is -0.290. The van der Waals surface area contributed by atoms with Gasteiger partial charge in [0.1, 0.15) is 0 Å². The molecule has 2 rings (SSSR count). The molecule has 0 amide bonds. The van der Waals surface area contributed by atoms with E-state index in [9.17, 15) is 5.11 Å². The molecule has 17 heavy (non-hydrogen) atoms. The molecule has 1 heterocycles. The van der Waals surface area contributed by atoms with E-state index in [0.29, 0.717) is 5.75 Å². The summed E-state index contributed by atoms with van der Waals surface area (Å²) in [5.41, 5.74) is 1.05. The normalized spacial score (nSPS) is 12.6. The number of thiophene rings is 1. The molecule has 0 saturated heterocycles.